The zero-order valence-corrected chi connectivity index (χ0v) is 9.73. The minimum Gasteiger partial charge on any atom is -0.343 e. The number of rotatable bonds is 7. The molecule has 3 nitrogen and oxygen atoms in total. The maximum absolute atomic E-state index is 11.5. The van der Waals surface area contributed by atoms with Crippen LogP contribution >= 0.6 is 11.6 Å². The largest absolute Gasteiger partial charge is 0.343 e. The van der Waals surface area contributed by atoms with Gasteiger partial charge in [-0.3, -0.25) is 4.79 Å². The minimum absolute atomic E-state index is 0.183. The Labute approximate surface area is 91.1 Å². The lowest BCUT2D eigenvalue weighted by atomic mass is 10.3. The van der Waals surface area contributed by atoms with Crippen molar-refractivity contribution >= 4 is 17.5 Å². The molecular formula is C10H19ClN2O. The summed E-state index contributed by atoms with van der Waals surface area (Å²) in [7, 11) is 0. The quantitative estimate of drug-likeness (QED) is 0.659. The van der Waals surface area contributed by atoms with Crippen LogP contribution in [0.25, 0.3) is 0 Å². The third kappa shape index (κ3) is 6.00. The molecule has 0 aliphatic rings. The number of hydrogen-bond acceptors (Lipinski definition) is 2. The van der Waals surface area contributed by atoms with Gasteiger partial charge in [0.1, 0.15) is 0 Å². The van der Waals surface area contributed by atoms with Crippen molar-refractivity contribution in [2.75, 3.05) is 26.2 Å². The predicted molar refractivity (Wildman–Crippen MR) is 60.4 cm³/mol. The highest BCUT2D eigenvalue weighted by atomic mass is 35.5. The van der Waals surface area contributed by atoms with Crippen LogP contribution < -0.4 is 5.32 Å². The Hall–Kier alpha value is -0.540. The summed E-state index contributed by atoms with van der Waals surface area (Å²) in [5.41, 5.74) is 0. The van der Waals surface area contributed by atoms with Crippen LogP contribution in [0.5, 0.6) is 0 Å². The fourth-order valence-corrected chi connectivity index (χ4v) is 1.25. The first-order valence-corrected chi connectivity index (χ1v) is 5.31. The van der Waals surface area contributed by atoms with Gasteiger partial charge in [0.2, 0.25) is 5.91 Å². The van der Waals surface area contributed by atoms with Crippen molar-refractivity contribution in [2.24, 2.45) is 0 Å². The standard InChI is InChI=1S/C10H19ClN2O/c1-4-13(5-2)10(14)6-7-12-8-9(3)11/h12H,3-8H2,1-2H3. The molecule has 0 aromatic carbocycles. The van der Waals surface area contributed by atoms with E-state index in [-0.39, 0.29) is 5.91 Å². The van der Waals surface area contributed by atoms with Gasteiger partial charge in [0.25, 0.3) is 0 Å². The van der Waals surface area contributed by atoms with Crippen LogP contribution in [0.4, 0.5) is 0 Å². The van der Waals surface area contributed by atoms with Gasteiger partial charge >= 0.3 is 0 Å². The van der Waals surface area contributed by atoms with Crippen molar-refractivity contribution in [3.05, 3.63) is 11.6 Å². The van der Waals surface area contributed by atoms with Crippen LogP contribution in [0.1, 0.15) is 20.3 Å². The van der Waals surface area contributed by atoms with Gasteiger partial charge in [-0.05, 0) is 13.8 Å². The molecule has 4 heteroatoms. The first-order valence-electron chi connectivity index (χ1n) is 4.93. The number of carbonyl (C=O) groups is 1. The molecule has 0 aliphatic carbocycles. The summed E-state index contributed by atoms with van der Waals surface area (Å²) in [5.74, 6) is 0.183. The summed E-state index contributed by atoms with van der Waals surface area (Å²) in [4.78, 5) is 13.3. The summed E-state index contributed by atoms with van der Waals surface area (Å²) in [6.07, 6.45) is 0.520. The van der Waals surface area contributed by atoms with Crippen LogP contribution in [-0.4, -0.2) is 37.0 Å². The summed E-state index contributed by atoms with van der Waals surface area (Å²) in [5, 5.41) is 3.61. The molecule has 0 saturated heterocycles. The summed E-state index contributed by atoms with van der Waals surface area (Å²) < 4.78 is 0. The molecule has 1 N–H and O–H groups in total. The van der Waals surface area contributed by atoms with Crippen molar-refractivity contribution in [3.8, 4) is 0 Å². The predicted octanol–water partition coefficient (Wildman–Crippen LogP) is 1.59. The van der Waals surface area contributed by atoms with Crippen LogP contribution in [0.2, 0.25) is 0 Å². The molecule has 14 heavy (non-hydrogen) atoms. The maximum Gasteiger partial charge on any atom is 0.223 e. The molecule has 0 spiro atoms. The van der Waals surface area contributed by atoms with E-state index in [9.17, 15) is 4.79 Å². The molecule has 0 bridgehead atoms. The maximum atomic E-state index is 11.5. The Kier molecular flexibility index (Phi) is 7.52. The second-order valence-corrected chi connectivity index (χ2v) is 3.54. The lowest BCUT2D eigenvalue weighted by Crippen LogP contribution is -2.33. The van der Waals surface area contributed by atoms with Crippen molar-refractivity contribution in [1.29, 1.82) is 0 Å². The molecule has 0 aromatic heterocycles. The number of carbonyl (C=O) groups excluding carboxylic acids is 1. The second kappa shape index (κ2) is 7.83. The van der Waals surface area contributed by atoms with Gasteiger partial charge in [0.05, 0.1) is 0 Å². The molecule has 1 amide bonds. The number of nitrogens with zero attached hydrogens (tertiary/aromatic N) is 1. The van der Waals surface area contributed by atoms with Gasteiger partial charge < -0.3 is 10.2 Å². The Morgan fingerprint density at radius 1 is 1.43 bits per heavy atom. The van der Waals surface area contributed by atoms with Crippen molar-refractivity contribution < 1.29 is 4.79 Å². The van der Waals surface area contributed by atoms with Crippen molar-refractivity contribution in [3.63, 3.8) is 0 Å². The van der Waals surface area contributed by atoms with E-state index < -0.39 is 0 Å². The van der Waals surface area contributed by atoms with E-state index in [1.54, 1.807) is 0 Å². The molecule has 0 unspecified atom stereocenters. The molecule has 0 atom stereocenters. The first kappa shape index (κ1) is 13.5. The lowest BCUT2D eigenvalue weighted by molar-refractivity contribution is -0.130. The van der Waals surface area contributed by atoms with Gasteiger partial charge in [-0.15, -0.1) is 0 Å². The van der Waals surface area contributed by atoms with Crippen LogP contribution in [0.3, 0.4) is 0 Å². The van der Waals surface area contributed by atoms with Gasteiger partial charge in [-0.2, -0.15) is 0 Å². The lowest BCUT2D eigenvalue weighted by Gasteiger charge is -2.18. The van der Waals surface area contributed by atoms with E-state index in [0.29, 0.717) is 24.5 Å². The molecule has 0 saturated carbocycles. The smallest absolute Gasteiger partial charge is 0.223 e. The van der Waals surface area contributed by atoms with Gasteiger partial charge in [-0.1, -0.05) is 18.2 Å². The molecule has 0 radical (unpaired) electrons. The normalized spacial score (nSPS) is 9.93. The highest BCUT2D eigenvalue weighted by molar-refractivity contribution is 6.29. The number of hydrogen-bond donors (Lipinski definition) is 1. The summed E-state index contributed by atoms with van der Waals surface area (Å²) in [6.45, 7) is 10.3. The van der Waals surface area contributed by atoms with E-state index in [2.05, 4.69) is 11.9 Å². The Balaban J connectivity index is 3.57. The second-order valence-electron chi connectivity index (χ2n) is 3.01. The topological polar surface area (TPSA) is 32.3 Å². The van der Waals surface area contributed by atoms with E-state index in [0.717, 1.165) is 13.1 Å². The Bertz CT molecular complexity index is 191. The van der Waals surface area contributed by atoms with Crippen LogP contribution in [-0.2, 0) is 4.79 Å². The highest BCUT2D eigenvalue weighted by Crippen LogP contribution is 1.95. The van der Waals surface area contributed by atoms with Gasteiger partial charge in [-0.25, -0.2) is 0 Å². The number of amides is 1. The van der Waals surface area contributed by atoms with Crippen LogP contribution in [0.15, 0.2) is 11.6 Å². The van der Waals surface area contributed by atoms with Crippen LogP contribution in [0, 0.1) is 0 Å². The Morgan fingerprint density at radius 2 is 2.00 bits per heavy atom. The fourth-order valence-electron chi connectivity index (χ4n) is 1.15. The third-order valence-electron chi connectivity index (χ3n) is 1.95. The minimum atomic E-state index is 0.183. The fraction of sp³-hybridized carbons (Fsp3) is 0.700. The van der Waals surface area contributed by atoms with Crippen molar-refractivity contribution in [2.45, 2.75) is 20.3 Å². The molecule has 0 heterocycles. The zero-order chi connectivity index (χ0) is 11.0. The first-order chi connectivity index (χ1) is 6.61. The van der Waals surface area contributed by atoms with E-state index in [1.165, 1.54) is 0 Å². The monoisotopic (exact) mass is 218 g/mol. The SMILES string of the molecule is C=C(Cl)CNCCC(=O)N(CC)CC. The molecular weight excluding hydrogens is 200 g/mol. The zero-order valence-electron chi connectivity index (χ0n) is 8.98. The van der Waals surface area contributed by atoms with E-state index in [4.69, 9.17) is 11.6 Å². The summed E-state index contributed by atoms with van der Waals surface area (Å²) in [6, 6.07) is 0. The van der Waals surface area contributed by atoms with Gasteiger partial charge in [0.15, 0.2) is 0 Å². The molecule has 82 valence electrons. The average Bonchev–Trinajstić information content (AvgIpc) is 2.14. The molecule has 0 aromatic rings. The highest BCUT2D eigenvalue weighted by Gasteiger charge is 2.07. The van der Waals surface area contributed by atoms with E-state index >= 15 is 0 Å². The average molecular weight is 219 g/mol. The molecule has 0 rings (SSSR count). The molecule has 0 fully saturated rings. The third-order valence-corrected chi connectivity index (χ3v) is 2.08. The Morgan fingerprint density at radius 3 is 2.43 bits per heavy atom. The van der Waals surface area contributed by atoms with E-state index in [1.807, 2.05) is 18.7 Å². The number of nitrogens with one attached hydrogen (secondary N) is 1. The van der Waals surface area contributed by atoms with Crippen molar-refractivity contribution in [1.82, 2.24) is 10.2 Å². The summed E-state index contributed by atoms with van der Waals surface area (Å²) >= 11 is 5.56. The molecule has 0 aliphatic heterocycles. The van der Waals surface area contributed by atoms with Gasteiger partial charge in [0, 0.05) is 37.6 Å². The number of halogens is 1.